The summed E-state index contributed by atoms with van der Waals surface area (Å²) in [5.74, 6) is -0.335. The van der Waals surface area contributed by atoms with E-state index in [1.54, 1.807) is 23.0 Å². The molecule has 0 atom stereocenters. The van der Waals surface area contributed by atoms with E-state index in [1.807, 2.05) is 30.3 Å². The van der Waals surface area contributed by atoms with E-state index in [2.05, 4.69) is 10.4 Å². The Kier molecular flexibility index (Phi) is 4.90. The van der Waals surface area contributed by atoms with Crippen molar-refractivity contribution in [2.45, 2.75) is 30.9 Å². The van der Waals surface area contributed by atoms with Crippen LogP contribution in [-0.4, -0.2) is 22.2 Å². The fourth-order valence-corrected chi connectivity index (χ4v) is 3.71. The van der Waals surface area contributed by atoms with Gasteiger partial charge >= 0.3 is 6.18 Å². The van der Waals surface area contributed by atoms with Crippen molar-refractivity contribution in [3.8, 4) is 5.69 Å². The summed E-state index contributed by atoms with van der Waals surface area (Å²) in [5.41, 5.74) is 0.611. The summed E-state index contributed by atoms with van der Waals surface area (Å²) >= 11 is 0. The van der Waals surface area contributed by atoms with Crippen molar-refractivity contribution in [3.05, 3.63) is 83.7 Å². The number of benzene rings is 2. The second kappa shape index (κ2) is 7.39. The van der Waals surface area contributed by atoms with E-state index in [0.717, 1.165) is 31.0 Å². The average molecular weight is 399 g/mol. The lowest BCUT2D eigenvalue weighted by Crippen LogP contribution is -2.45. The molecule has 1 saturated carbocycles. The Bertz CT molecular complexity index is 1010. The van der Waals surface area contributed by atoms with Gasteiger partial charge < -0.3 is 5.32 Å². The maximum Gasteiger partial charge on any atom is 0.416 e. The van der Waals surface area contributed by atoms with Crippen LogP contribution in [-0.2, 0) is 11.6 Å². The van der Waals surface area contributed by atoms with Crippen LogP contribution in [0.4, 0.5) is 13.2 Å². The number of amides is 1. The van der Waals surface area contributed by atoms with E-state index in [4.69, 9.17) is 0 Å². The molecular weight excluding hydrogens is 379 g/mol. The number of carbonyl (C=O) groups excluding carboxylic acids is 1. The van der Waals surface area contributed by atoms with Crippen LogP contribution < -0.4 is 5.32 Å². The summed E-state index contributed by atoms with van der Waals surface area (Å²) in [6, 6.07) is 16.5. The van der Waals surface area contributed by atoms with Crippen molar-refractivity contribution >= 4 is 5.91 Å². The summed E-state index contributed by atoms with van der Waals surface area (Å²) in [6.07, 6.45) is -0.264. The predicted molar refractivity (Wildman–Crippen MR) is 103 cm³/mol. The Labute approximate surface area is 166 Å². The molecule has 2 aromatic carbocycles. The van der Waals surface area contributed by atoms with Gasteiger partial charge in [-0.1, -0.05) is 42.8 Å². The van der Waals surface area contributed by atoms with Gasteiger partial charge in [-0.15, -0.1) is 0 Å². The molecule has 0 spiro atoms. The van der Waals surface area contributed by atoms with Crippen molar-refractivity contribution < 1.29 is 18.0 Å². The number of nitrogens with zero attached hydrogens (tertiary/aromatic N) is 2. The van der Waals surface area contributed by atoms with Crippen LogP contribution >= 0.6 is 0 Å². The average Bonchev–Trinajstić information content (AvgIpc) is 3.18. The normalized spacial score (nSPS) is 15.6. The highest BCUT2D eigenvalue weighted by Gasteiger charge is 2.40. The Hall–Kier alpha value is -3.09. The first-order valence-electron chi connectivity index (χ1n) is 9.44. The second-order valence-electron chi connectivity index (χ2n) is 7.38. The Morgan fingerprint density at radius 1 is 1.07 bits per heavy atom. The zero-order valence-electron chi connectivity index (χ0n) is 15.6. The van der Waals surface area contributed by atoms with E-state index in [1.165, 1.54) is 12.1 Å². The van der Waals surface area contributed by atoms with Gasteiger partial charge in [-0.3, -0.25) is 4.79 Å². The van der Waals surface area contributed by atoms with E-state index in [0.29, 0.717) is 5.56 Å². The zero-order valence-corrected chi connectivity index (χ0v) is 15.6. The summed E-state index contributed by atoms with van der Waals surface area (Å²) < 4.78 is 40.8. The summed E-state index contributed by atoms with van der Waals surface area (Å²) in [7, 11) is 0. The van der Waals surface area contributed by atoms with Crippen molar-refractivity contribution in [3.63, 3.8) is 0 Å². The minimum Gasteiger partial charge on any atom is -0.350 e. The van der Waals surface area contributed by atoms with Gasteiger partial charge in [0.15, 0.2) is 5.69 Å². The first-order chi connectivity index (χ1) is 13.9. The quantitative estimate of drug-likeness (QED) is 0.674. The molecule has 0 bridgehead atoms. The van der Waals surface area contributed by atoms with Crippen LogP contribution in [0.15, 0.2) is 66.9 Å². The summed E-state index contributed by atoms with van der Waals surface area (Å²) in [5, 5.41) is 7.17. The molecule has 0 saturated heterocycles. The van der Waals surface area contributed by atoms with Crippen LogP contribution in [0.25, 0.3) is 5.69 Å². The number of aromatic nitrogens is 2. The molecule has 4 nitrogen and oxygen atoms in total. The molecule has 0 radical (unpaired) electrons. The largest absolute Gasteiger partial charge is 0.416 e. The number of hydrogen-bond acceptors (Lipinski definition) is 2. The van der Waals surface area contributed by atoms with E-state index in [-0.39, 0.29) is 18.1 Å². The van der Waals surface area contributed by atoms with E-state index < -0.39 is 17.2 Å². The lowest BCUT2D eigenvalue weighted by molar-refractivity contribution is -0.137. The Balaban J connectivity index is 1.48. The van der Waals surface area contributed by atoms with Crippen molar-refractivity contribution in [1.29, 1.82) is 0 Å². The van der Waals surface area contributed by atoms with Gasteiger partial charge in [0.2, 0.25) is 0 Å². The highest BCUT2D eigenvalue weighted by molar-refractivity contribution is 5.92. The second-order valence-corrected chi connectivity index (χ2v) is 7.38. The Morgan fingerprint density at radius 2 is 1.83 bits per heavy atom. The van der Waals surface area contributed by atoms with Gasteiger partial charge in [0, 0.05) is 18.2 Å². The number of rotatable bonds is 5. The summed E-state index contributed by atoms with van der Waals surface area (Å²) in [4.78, 5) is 12.6. The van der Waals surface area contributed by atoms with Gasteiger partial charge in [-0.2, -0.15) is 18.3 Å². The maximum absolute atomic E-state index is 13.1. The number of nitrogens with one attached hydrogen (secondary N) is 1. The van der Waals surface area contributed by atoms with Gasteiger partial charge in [0.05, 0.1) is 11.3 Å². The fraction of sp³-hybridized carbons (Fsp3) is 0.273. The maximum atomic E-state index is 13.1. The molecule has 1 aliphatic rings. The molecule has 1 N–H and O–H groups in total. The third-order valence-electron chi connectivity index (χ3n) is 5.54. The molecule has 0 unspecified atom stereocenters. The van der Waals surface area contributed by atoms with Gasteiger partial charge in [-0.25, -0.2) is 4.68 Å². The highest BCUT2D eigenvalue weighted by Crippen LogP contribution is 2.44. The molecule has 150 valence electrons. The first kappa shape index (κ1) is 19.2. The molecule has 7 heteroatoms. The van der Waals surface area contributed by atoms with Crippen LogP contribution in [0.1, 0.15) is 40.9 Å². The monoisotopic (exact) mass is 399 g/mol. The topological polar surface area (TPSA) is 46.9 Å². The third-order valence-corrected chi connectivity index (χ3v) is 5.54. The number of halogens is 3. The van der Waals surface area contributed by atoms with E-state index in [9.17, 15) is 18.0 Å². The molecule has 1 heterocycles. The lowest BCUT2D eigenvalue weighted by atomic mass is 9.64. The standard InChI is InChI=1S/C22H20F3N3O/c23-22(24,25)17-7-4-6-16(14-17)21(11-5-12-21)15-26-20(29)19-10-13-28(27-19)18-8-2-1-3-9-18/h1-4,6-10,13-14H,5,11-12,15H2,(H,26,29). The molecule has 1 amide bonds. The van der Waals surface area contributed by atoms with Gasteiger partial charge in [0.1, 0.15) is 0 Å². The van der Waals surface area contributed by atoms with Crippen LogP contribution in [0.2, 0.25) is 0 Å². The first-order valence-corrected chi connectivity index (χ1v) is 9.44. The molecule has 1 aliphatic carbocycles. The van der Waals surface area contributed by atoms with Gasteiger partial charge in [0.25, 0.3) is 5.91 Å². The van der Waals surface area contributed by atoms with Crippen LogP contribution in [0, 0.1) is 0 Å². The zero-order chi connectivity index (χ0) is 20.5. The molecule has 4 rings (SSSR count). The third kappa shape index (κ3) is 3.90. The van der Waals surface area contributed by atoms with Crippen molar-refractivity contribution in [1.82, 2.24) is 15.1 Å². The SMILES string of the molecule is O=C(NCC1(c2cccc(C(F)(F)F)c2)CCC1)c1ccn(-c2ccccc2)n1. The molecule has 29 heavy (non-hydrogen) atoms. The van der Waals surface area contributed by atoms with Crippen LogP contribution in [0.3, 0.4) is 0 Å². The highest BCUT2D eigenvalue weighted by atomic mass is 19.4. The van der Waals surface area contributed by atoms with Crippen molar-refractivity contribution in [2.24, 2.45) is 0 Å². The smallest absolute Gasteiger partial charge is 0.350 e. The molecule has 0 aliphatic heterocycles. The molecule has 1 fully saturated rings. The number of carbonyl (C=O) groups is 1. The van der Waals surface area contributed by atoms with Gasteiger partial charge in [-0.05, 0) is 42.7 Å². The minimum absolute atomic E-state index is 0.271. The van der Waals surface area contributed by atoms with Crippen molar-refractivity contribution in [2.75, 3.05) is 6.54 Å². The van der Waals surface area contributed by atoms with E-state index >= 15 is 0 Å². The number of para-hydroxylation sites is 1. The lowest BCUT2D eigenvalue weighted by Gasteiger charge is -2.42. The number of hydrogen-bond donors (Lipinski definition) is 1. The minimum atomic E-state index is -4.38. The van der Waals surface area contributed by atoms with Crippen LogP contribution in [0.5, 0.6) is 0 Å². The summed E-state index contributed by atoms with van der Waals surface area (Å²) in [6.45, 7) is 0.283. The molecular formula is C22H20F3N3O. The number of alkyl halides is 3. The predicted octanol–water partition coefficient (Wildman–Crippen LogP) is 4.74. The molecule has 3 aromatic rings. The fourth-order valence-electron chi connectivity index (χ4n) is 3.71. The molecule has 1 aromatic heterocycles. The Morgan fingerprint density at radius 3 is 2.48 bits per heavy atom.